The molecule has 2 N–H and O–H groups in total. The molecule has 110 valence electrons. The molecule has 1 heterocycles. The Balaban J connectivity index is 2.33. The number of halogens is 1. The van der Waals surface area contributed by atoms with E-state index in [1.807, 2.05) is 6.92 Å². The average Bonchev–Trinajstić information content (AvgIpc) is 2.44. The summed E-state index contributed by atoms with van der Waals surface area (Å²) in [6, 6.07) is 3.84. The van der Waals surface area contributed by atoms with Crippen LogP contribution in [-0.2, 0) is 16.4 Å². The Hall–Kier alpha value is -1.47. The number of sulfonamides is 1. The lowest BCUT2D eigenvalue weighted by Gasteiger charge is -2.23. The maximum Gasteiger partial charge on any atom is 0.251 e. The zero-order valence-electron chi connectivity index (χ0n) is 11.1. The van der Waals surface area contributed by atoms with Gasteiger partial charge >= 0.3 is 0 Å². The van der Waals surface area contributed by atoms with E-state index in [2.05, 4.69) is 10.0 Å². The van der Waals surface area contributed by atoms with Crippen LogP contribution in [0.25, 0.3) is 0 Å². The van der Waals surface area contributed by atoms with E-state index in [4.69, 9.17) is 0 Å². The van der Waals surface area contributed by atoms with Crippen LogP contribution in [0.5, 0.6) is 0 Å². The molecule has 0 aromatic heterocycles. The molecule has 1 aromatic rings. The van der Waals surface area contributed by atoms with Gasteiger partial charge in [0.25, 0.3) is 5.91 Å². The van der Waals surface area contributed by atoms with Crippen molar-refractivity contribution < 1.29 is 17.6 Å². The van der Waals surface area contributed by atoms with Gasteiger partial charge in [-0.2, -0.15) is 0 Å². The van der Waals surface area contributed by atoms with E-state index in [0.717, 1.165) is 0 Å². The molecule has 7 heteroatoms. The molecule has 0 bridgehead atoms. The van der Waals surface area contributed by atoms with Crippen molar-refractivity contribution in [3.05, 3.63) is 29.3 Å². The van der Waals surface area contributed by atoms with Gasteiger partial charge in [-0.05, 0) is 30.5 Å². The Morgan fingerprint density at radius 1 is 1.45 bits per heavy atom. The Labute approximate surface area is 117 Å². The summed E-state index contributed by atoms with van der Waals surface area (Å²) in [4.78, 5) is 11.9. The van der Waals surface area contributed by atoms with Crippen LogP contribution in [0.1, 0.15) is 29.3 Å². The fourth-order valence-corrected chi connectivity index (χ4v) is 3.26. The lowest BCUT2D eigenvalue weighted by molar-refractivity contribution is 0.0917. The lowest BCUT2D eigenvalue weighted by atomic mass is 9.96. The van der Waals surface area contributed by atoms with Gasteiger partial charge in [0.15, 0.2) is 0 Å². The van der Waals surface area contributed by atoms with Crippen LogP contribution in [0.15, 0.2) is 23.1 Å². The van der Waals surface area contributed by atoms with Gasteiger partial charge in [-0.25, -0.2) is 17.5 Å². The van der Waals surface area contributed by atoms with Crippen molar-refractivity contribution in [3.63, 3.8) is 0 Å². The zero-order chi connectivity index (χ0) is 14.8. The molecule has 1 aliphatic heterocycles. The lowest BCUT2D eigenvalue weighted by Crippen LogP contribution is -2.42. The molecule has 20 heavy (non-hydrogen) atoms. The highest BCUT2D eigenvalue weighted by molar-refractivity contribution is 7.89. The smallest absolute Gasteiger partial charge is 0.251 e. The van der Waals surface area contributed by atoms with Crippen LogP contribution in [0.3, 0.4) is 0 Å². The number of hydrogen-bond acceptors (Lipinski definition) is 3. The molecule has 1 aliphatic rings. The van der Waals surface area contributed by atoms with Crippen molar-refractivity contribution in [3.8, 4) is 0 Å². The molecular formula is C13H17FN2O3S. The van der Waals surface area contributed by atoms with E-state index in [1.165, 1.54) is 12.1 Å². The average molecular weight is 300 g/mol. The van der Waals surface area contributed by atoms with Crippen LogP contribution in [-0.4, -0.2) is 33.6 Å². The summed E-state index contributed by atoms with van der Waals surface area (Å²) in [5, 5.41) is 2.51. The van der Waals surface area contributed by atoms with Crippen molar-refractivity contribution in [2.24, 2.45) is 0 Å². The molecule has 0 spiro atoms. The molecule has 0 fully saturated rings. The summed E-state index contributed by atoms with van der Waals surface area (Å²) in [7, 11) is -3.60. The first kappa shape index (κ1) is 14.9. The van der Waals surface area contributed by atoms with Crippen LogP contribution in [0.4, 0.5) is 4.39 Å². The number of carbonyl (C=O) groups excluding carboxylic acids is 1. The number of hydrogen-bond donors (Lipinski definition) is 2. The molecule has 0 radical (unpaired) electrons. The van der Waals surface area contributed by atoms with Crippen LogP contribution >= 0.6 is 0 Å². The van der Waals surface area contributed by atoms with E-state index in [9.17, 15) is 17.6 Å². The molecule has 2 rings (SSSR count). The number of fused-ring (bicyclic) bond motifs is 1. The highest BCUT2D eigenvalue weighted by Gasteiger charge is 2.26. The number of benzene rings is 1. The van der Waals surface area contributed by atoms with Gasteiger partial charge in [0.2, 0.25) is 10.0 Å². The van der Waals surface area contributed by atoms with Gasteiger partial charge in [0.05, 0.1) is 10.9 Å². The van der Waals surface area contributed by atoms with E-state index in [1.54, 1.807) is 6.07 Å². The first-order chi connectivity index (χ1) is 9.47. The Morgan fingerprint density at radius 2 is 2.20 bits per heavy atom. The Bertz CT molecular complexity index is 616. The molecule has 0 saturated carbocycles. The van der Waals surface area contributed by atoms with Crippen LogP contribution < -0.4 is 10.0 Å². The molecule has 5 nitrogen and oxygen atoms in total. The molecule has 0 aliphatic carbocycles. The fourth-order valence-electron chi connectivity index (χ4n) is 2.10. The molecule has 0 unspecified atom stereocenters. The topological polar surface area (TPSA) is 75.3 Å². The minimum absolute atomic E-state index is 0.0542. The fraction of sp³-hybridized carbons (Fsp3) is 0.462. The van der Waals surface area contributed by atoms with Crippen LogP contribution in [0, 0.1) is 0 Å². The third-order valence-corrected chi connectivity index (χ3v) is 4.62. The summed E-state index contributed by atoms with van der Waals surface area (Å²) in [5.74, 6) is -0.429. The van der Waals surface area contributed by atoms with Crippen molar-refractivity contribution in [2.75, 3.05) is 13.2 Å². The third-order valence-electron chi connectivity index (χ3n) is 3.17. The van der Waals surface area contributed by atoms with Crippen molar-refractivity contribution >= 4 is 15.9 Å². The van der Waals surface area contributed by atoms with Gasteiger partial charge in [-0.3, -0.25) is 4.79 Å². The van der Waals surface area contributed by atoms with E-state index < -0.39 is 28.6 Å². The summed E-state index contributed by atoms with van der Waals surface area (Å²) in [6.07, 6.45) is 1.06. The maximum atomic E-state index is 12.6. The Kier molecular flexibility index (Phi) is 4.39. The highest BCUT2D eigenvalue weighted by Crippen LogP contribution is 2.21. The van der Waals surface area contributed by atoms with E-state index in [0.29, 0.717) is 30.5 Å². The van der Waals surface area contributed by atoms with Gasteiger partial charge in [0.1, 0.15) is 6.67 Å². The summed E-state index contributed by atoms with van der Waals surface area (Å²) in [6.45, 7) is 1.57. The van der Waals surface area contributed by atoms with Crippen molar-refractivity contribution in [1.29, 1.82) is 0 Å². The molecular weight excluding hydrogens is 283 g/mol. The third kappa shape index (κ3) is 2.99. The summed E-state index contributed by atoms with van der Waals surface area (Å²) in [5.41, 5.74) is 0.972. The second-order valence-corrected chi connectivity index (χ2v) is 6.51. The van der Waals surface area contributed by atoms with Gasteiger partial charge in [-0.1, -0.05) is 13.0 Å². The summed E-state index contributed by atoms with van der Waals surface area (Å²) >= 11 is 0. The summed E-state index contributed by atoms with van der Waals surface area (Å²) < 4.78 is 39.1. The minimum Gasteiger partial charge on any atom is -0.346 e. The maximum absolute atomic E-state index is 12.6. The van der Waals surface area contributed by atoms with Gasteiger partial charge < -0.3 is 5.32 Å². The molecule has 1 aromatic carbocycles. The highest BCUT2D eigenvalue weighted by atomic mass is 32.2. The van der Waals surface area contributed by atoms with Gasteiger partial charge in [0, 0.05) is 12.1 Å². The second kappa shape index (κ2) is 5.88. The van der Waals surface area contributed by atoms with Crippen LogP contribution in [0.2, 0.25) is 0 Å². The van der Waals surface area contributed by atoms with E-state index in [-0.39, 0.29) is 4.90 Å². The zero-order valence-corrected chi connectivity index (χ0v) is 12.0. The quantitative estimate of drug-likeness (QED) is 0.852. The number of rotatable bonds is 5. The number of nitrogens with one attached hydrogen (secondary N) is 2. The Morgan fingerprint density at radius 3 is 2.85 bits per heavy atom. The molecule has 1 atom stereocenters. The minimum atomic E-state index is -3.60. The predicted octanol–water partition coefficient (Wildman–Crippen LogP) is 0.999. The number of alkyl halides is 1. The number of carbonyl (C=O) groups is 1. The molecule has 0 saturated heterocycles. The number of amides is 1. The second-order valence-electron chi connectivity index (χ2n) is 4.75. The largest absolute Gasteiger partial charge is 0.346 e. The monoisotopic (exact) mass is 300 g/mol. The van der Waals surface area contributed by atoms with Gasteiger partial charge in [-0.15, -0.1) is 0 Å². The molecule has 1 amide bonds. The van der Waals surface area contributed by atoms with E-state index >= 15 is 0 Å². The van der Waals surface area contributed by atoms with Crippen molar-refractivity contribution in [2.45, 2.75) is 30.7 Å². The first-order valence-corrected chi connectivity index (χ1v) is 7.95. The first-order valence-electron chi connectivity index (χ1n) is 6.47. The standard InChI is InChI=1S/C13H17FN2O3S/c1-2-5-15-20(18,19)11-4-3-9-6-10(8-14)16-13(17)12(9)7-11/h3-4,7,10,15H,2,5-6,8H2,1H3,(H,16,17)/t10-/m1/s1. The SMILES string of the molecule is CCCNS(=O)(=O)c1ccc2c(c1)C(=O)N[C@@H](CF)C2. The van der Waals surface area contributed by atoms with Crippen molar-refractivity contribution in [1.82, 2.24) is 10.0 Å². The predicted molar refractivity (Wildman–Crippen MR) is 72.9 cm³/mol. The normalized spacial score (nSPS) is 18.5.